The number of carboxylic acids is 1. The van der Waals surface area contributed by atoms with Gasteiger partial charge in [0.25, 0.3) is 0 Å². The highest BCUT2D eigenvalue weighted by Crippen LogP contribution is 2.03. The number of aliphatic carboxylic acids is 1. The second-order valence-corrected chi connectivity index (χ2v) is 6.69. The normalized spacial score (nSPS) is 15.2. The number of nitrogens with one attached hydrogen (secondary N) is 3. The summed E-state index contributed by atoms with van der Waals surface area (Å²) in [7, 11) is 0. The average molecular weight is 448 g/mol. The van der Waals surface area contributed by atoms with Gasteiger partial charge in [0.1, 0.15) is 30.6 Å². The zero-order valence-electron chi connectivity index (χ0n) is 17.3. The van der Waals surface area contributed by atoms with Gasteiger partial charge in [-0.15, -0.1) is 0 Å². The smallest absolute Gasteiger partial charge is 0.305 e. The van der Waals surface area contributed by atoms with Gasteiger partial charge in [-0.25, -0.2) is 4.39 Å². The van der Waals surface area contributed by atoms with Crippen molar-refractivity contribution in [1.82, 2.24) is 16.0 Å². The summed E-state index contributed by atoms with van der Waals surface area (Å²) in [4.78, 5) is 62.4. The number of hydrogen-bond acceptors (Lipinski definition) is 7. The summed E-state index contributed by atoms with van der Waals surface area (Å²) in [5, 5.41) is 25.2. The van der Waals surface area contributed by atoms with E-state index in [4.69, 9.17) is 16.6 Å². The average Bonchev–Trinajstić information content (AvgIpc) is 2.66. The molecule has 0 bridgehead atoms. The fourth-order valence-electron chi connectivity index (χ4n) is 2.39. The first-order valence-electron chi connectivity index (χ1n) is 9.30. The summed E-state index contributed by atoms with van der Waals surface area (Å²) in [6, 6.07) is -4.28. The van der Waals surface area contributed by atoms with Crippen LogP contribution in [0.5, 0.6) is 0 Å². The van der Waals surface area contributed by atoms with Crippen LogP contribution in [0.15, 0.2) is 4.99 Å². The van der Waals surface area contributed by atoms with Crippen LogP contribution < -0.4 is 27.4 Å². The van der Waals surface area contributed by atoms with Crippen molar-refractivity contribution in [3.05, 3.63) is 0 Å². The molecular weight excluding hydrogens is 419 g/mol. The second-order valence-electron chi connectivity index (χ2n) is 6.69. The standard InChI is InChI=1S/C17H29FN6O7/c1-8(25)14(22-9(2)26)17(31)24-11(6-13(27)28)16(30)23-10(15(20)29)4-3-5-21-12(19)7-18/h8,10-11,14,25H,3-7H2,1-2H3,(H2,19,21)(H2,20,29)(H,22,26)(H,23,30)(H,24,31)(H,27,28). The summed E-state index contributed by atoms with van der Waals surface area (Å²) in [5.41, 5.74) is 10.5. The number of halogens is 1. The first-order chi connectivity index (χ1) is 14.4. The first kappa shape index (κ1) is 27.7. The van der Waals surface area contributed by atoms with Crippen molar-refractivity contribution in [2.24, 2.45) is 16.5 Å². The van der Waals surface area contributed by atoms with Gasteiger partial charge >= 0.3 is 5.97 Å². The van der Waals surface area contributed by atoms with Gasteiger partial charge in [-0.2, -0.15) is 0 Å². The number of rotatable bonds is 14. The Hall–Kier alpha value is -3.29. The van der Waals surface area contributed by atoms with E-state index in [1.807, 2.05) is 0 Å². The van der Waals surface area contributed by atoms with Crippen molar-refractivity contribution >= 4 is 35.4 Å². The molecule has 0 spiro atoms. The first-order valence-corrected chi connectivity index (χ1v) is 9.30. The third kappa shape index (κ3) is 11.5. The van der Waals surface area contributed by atoms with E-state index in [-0.39, 0.29) is 25.2 Å². The van der Waals surface area contributed by atoms with Crippen molar-refractivity contribution < 1.29 is 38.6 Å². The molecule has 0 saturated heterocycles. The topological polar surface area (TPSA) is 226 Å². The van der Waals surface area contributed by atoms with Crippen LogP contribution in [0.3, 0.4) is 0 Å². The molecule has 0 aromatic rings. The SMILES string of the molecule is CC(=O)NC(C(=O)NC(CC(=O)O)C(=O)NC(CCCN=C(N)CF)C(N)=O)C(C)O. The van der Waals surface area contributed by atoms with Gasteiger partial charge in [-0.1, -0.05) is 0 Å². The molecule has 4 amide bonds. The van der Waals surface area contributed by atoms with Crippen molar-refractivity contribution in [2.45, 2.75) is 57.3 Å². The lowest BCUT2D eigenvalue weighted by Crippen LogP contribution is -2.58. The predicted molar refractivity (Wildman–Crippen MR) is 106 cm³/mol. The molecular formula is C17H29FN6O7. The van der Waals surface area contributed by atoms with Crippen LogP contribution >= 0.6 is 0 Å². The van der Waals surface area contributed by atoms with E-state index in [1.165, 1.54) is 6.92 Å². The summed E-state index contributed by atoms with van der Waals surface area (Å²) in [5.74, 6) is -5.23. The lowest BCUT2D eigenvalue weighted by atomic mass is 10.1. The highest BCUT2D eigenvalue weighted by molar-refractivity contribution is 5.95. The minimum absolute atomic E-state index is 0.0000675. The molecule has 0 heterocycles. The third-order valence-electron chi connectivity index (χ3n) is 3.90. The third-order valence-corrected chi connectivity index (χ3v) is 3.90. The molecule has 0 aliphatic rings. The number of aliphatic hydroxyl groups excluding tert-OH is 1. The van der Waals surface area contributed by atoms with Gasteiger partial charge in [0.15, 0.2) is 0 Å². The zero-order valence-corrected chi connectivity index (χ0v) is 17.3. The summed E-state index contributed by atoms with van der Waals surface area (Å²) in [6.45, 7) is 1.45. The minimum atomic E-state index is -1.62. The predicted octanol–water partition coefficient (Wildman–Crippen LogP) is -3.09. The zero-order chi connectivity index (χ0) is 24.1. The monoisotopic (exact) mass is 448 g/mol. The van der Waals surface area contributed by atoms with E-state index in [9.17, 15) is 33.5 Å². The second kappa shape index (κ2) is 13.8. The maximum Gasteiger partial charge on any atom is 0.305 e. The van der Waals surface area contributed by atoms with Crippen LogP contribution in [0, 0.1) is 0 Å². The molecule has 0 fully saturated rings. The van der Waals surface area contributed by atoms with Crippen LogP contribution in [0.1, 0.15) is 33.1 Å². The highest BCUT2D eigenvalue weighted by Gasteiger charge is 2.31. The summed E-state index contributed by atoms with van der Waals surface area (Å²) < 4.78 is 12.2. The largest absolute Gasteiger partial charge is 0.481 e. The molecule has 4 atom stereocenters. The molecule has 0 rings (SSSR count). The number of carboxylic acid groups (broad SMARTS) is 1. The number of nitrogens with zero attached hydrogens (tertiary/aromatic N) is 1. The van der Waals surface area contributed by atoms with Crippen molar-refractivity contribution in [1.29, 1.82) is 0 Å². The Bertz CT molecular complexity index is 700. The number of aliphatic imine (C=N–C) groups is 1. The number of nitrogens with two attached hydrogens (primary N) is 2. The van der Waals surface area contributed by atoms with Crippen molar-refractivity contribution in [3.8, 4) is 0 Å². The number of hydrogen-bond donors (Lipinski definition) is 7. The fourth-order valence-corrected chi connectivity index (χ4v) is 2.39. The van der Waals surface area contributed by atoms with E-state index in [2.05, 4.69) is 20.9 Å². The van der Waals surface area contributed by atoms with Crippen LogP contribution in [-0.2, 0) is 24.0 Å². The molecule has 13 nitrogen and oxygen atoms in total. The number of carbonyl (C=O) groups excluding carboxylic acids is 4. The van der Waals surface area contributed by atoms with Gasteiger partial charge in [0.05, 0.1) is 12.5 Å². The molecule has 176 valence electrons. The van der Waals surface area contributed by atoms with Crippen molar-refractivity contribution in [2.75, 3.05) is 13.2 Å². The number of primary amides is 1. The maximum atomic E-state index is 12.5. The lowest BCUT2D eigenvalue weighted by Gasteiger charge is -2.24. The number of carbonyl (C=O) groups is 5. The number of amides is 4. The van der Waals surface area contributed by atoms with Gasteiger partial charge in [-0.3, -0.25) is 29.0 Å². The van der Waals surface area contributed by atoms with Crippen LogP contribution in [0.2, 0.25) is 0 Å². The van der Waals surface area contributed by atoms with Crippen LogP contribution in [0.4, 0.5) is 4.39 Å². The Kier molecular flexibility index (Phi) is 12.4. The van der Waals surface area contributed by atoms with E-state index < -0.39 is 66.9 Å². The van der Waals surface area contributed by atoms with E-state index in [0.29, 0.717) is 0 Å². The molecule has 0 saturated carbocycles. The minimum Gasteiger partial charge on any atom is -0.481 e. The van der Waals surface area contributed by atoms with Crippen molar-refractivity contribution in [3.63, 3.8) is 0 Å². The fraction of sp³-hybridized carbons (Fsp3) is 0.647. The molecule has 4 unspecified atom stereocenters. The maximum absolute atomic E-state index is 12.5. The molecule has 0 aliphatic heterocycles. The van der Waals surface area contributed by atoms with Crippen LogP contribution in [0.25, 0.3) is 0 Å². The van der Waals surface area contributed by atoms with Crippen LogP contribution in [-0.4, -0.2) is 83.1 Å². The number of amidine groups is 1. The molecule has 0 aromatic carbocycles. The van der Waals surface area contributed by atoms with Gasteiger partial charge in [0, 0.05) is 13.5 Å². The van der Waals surface area contributed by atoms with Gasteiger partial charge < -0.3 is 37.6 Å². The van der Waals surface area contributed by atoms with Gasteiger partial charge in [0.2, 0.25) is 23.6 Å². The van der Waals surface area contributed by atoms with E-state index in [0.717, 1.165) is 6.92 Å². The quantitative estimate of drug-likeness (QED) is 0.0816. The molecule has 0 aromatic heterocycles. The molecule has 0 aliphatic carbocycles. The van der Waals surface area contributed by atoms with E-state index in [1.54, 1.807) is 0 Å². The number of aliphatic hydroxyl groups is 1. The Morgan fingerprint density at radius 1 is 1.03 bits per heavy atom. The Balaban J connectivity index is 5.23. The van der Waals surface area contributed by atoms with E-state index >= 15 is 0 Å². The van der Waals surface area contributed by atoms with Gasteiger partial charge in [-0.05, 0) is 19.8 Å². The Labute approximate surface area is 177 Å². The summed E-state index contributed by atoms with van der Waals surface area (Å²) in [6.07, 6.45) is -1.97. The molecule has 0 radical (unpaired) electrons. The number of alkyl halides is 1. The molecule has 14 heteroatoms. The Morgan fingerprint density at radius 2 is 1.61 bits per heavy atom. The Morgan fingerprint density at radius 3 is 2.06 bits per heavy atom. The molecule has 9 N–H and O–H groups in total. The molecule has 31 heavy (non-hydrogen) atoms. The highest BCUT2D eigenvalue weighted by atomic mass is 19.1. The summed E-state index contributed by atoms with van der Waals surface area (Å²) >= 11 is 0. The lowest BCUT2D eigenvalue weighted by molar-refractivity contribution is -0.141.